The molecule has 2 rings (SSSR count). The van der Waals surface area contributed by atoms with Gasteiger partial charge in [0.15, 0.2) is 4.90 Å². The summed E-state index contributed by atoms with van der Waals surface area (Å²) in [4.78, 5) is 42.6. The Bertz CT molecular complexity index is 908. The Morgan fingerprint density at radius 2 is 1.94 bits per heavy atom. The van der Waals surface area contributed by atoms with E-state index in [9.17, 15) is 18.9 Å². The number of nitrogen functional groups attached to an aromatic ring is 1. The lowest BCUT2D eigenvalue weighted by atomic mass is 9.96. The number of likely N-dealkylation sites (tertiary alicyclic amines) is 1. The second-order valence-corrected chi connectivity index (χ2v) is 10.5. The second-order valence-electron chi connectivity index (χ2n) is 9.24. The van der Waals surface area contributed by atoms with Crippen molar-refractivity contribution in [2.24, 2.45) is 5.92 Å². The number of hydrogen-bond acceptors (Lipinski definition) is 6. The fourth-order valence-electron chi connectivity index (χ4n) is 3.85. The van der Waals surface area contributed by atoms with Crippen LogP contribution in [0.2, 0.25) is 0 Å². The molecule has 4 unspecified atom stereocenters. The molecule has 0 aromatic heterocycles. The molecule has 1 aromatic rings. The number of piperidine rings is 1. The molecule has 1 aliphatic heterocycles. The zero-order valence-electron chi connectivity index (χ0n) is 21.4. The Morgan fingerprint density at radius 1 is 1.29 bits per heavy atom. The molecular weight excluding hydrogens is 466 g/mol. The lowest BCUT2D eigenvalue weighted by molar-refractivity contribution is -0.138. The monoisotopic (exact) mass is 505 g/mol. The number of carbonyl (C=O) groups is 3. The Kier molecular flexibility index (Phi) is 11.1. The van der Waals surface area contributed by atoms with E-state index in [1.165, 1.54) is 4.90 Å². The Balaban J connectivity index is 1.98. The Labute approximate surface area is 211 Å². The lowest BCUT2D eigenvalue weighted by Crippen LogP contribution is -2.56. The van der Waals surface area contributed by atoms with Gasteiger partial charge in [0.1, 0.15) is 17.4 Å². The number of nitrogens with one attached hydrogen (secondary N) is 2. The highest BCUT2D eigenvalue weighted by Crippen LogP contribution is 2.17. The van der Waals surface area contributed by atoms with E-state index < -0.39 is 23.3 Å². The van der Waals surface area contributed by atoms with Crippen LogP contribution >= 0.6 is 0 Å². The summed E-state index contributed by atoms with van der Waals surface area (Å²) >= 11 is -1.72. The summed E-state index contributed by atoms with van der Waals surface area (Å²) in [7, 11) is 3.58. The molecule has 1 fully saturated rings. The van der Waals surface area contributed by atoms with Crippen molar-refractivity contribution in [2.75, 3.05) is 32.9 Å². The second kappa shape index (κ2) is 13.5. The highest BCUT2D eigenvalue weighted by molar-refractivity contribution is 7.90. The van der Waals surface area contributed by atoms with Crippen LogP contribution in [0.15, 0.2) is 40.8 Å². The molecule has 9 nitrogen and oxygen atoms in total. The number of likely N-dealkylation sites (N-methyl/N-ethyl adjacent to an activating group) is 2. The first-order valence-corrected chi connectivity index (χ1v) is 13.2. The molecule has 1 saturated heterocycles. The zero-order valence-corrected chi connectivity index (χ0v) is 22.2. The molecule has 0 bridgehead atoms. The number of anilines is 1. The average Bonchev–Trinajstić information content (AvgIpc) is 2.85. The number of rotatable bonds is 10. The minimum absolute atomic E-state index is 0.0431. The third kappa shape index (κ3) is 8.26. The van der Waals surface area contributed by atoms with Gasteiger partial charge in [-0.1, -0.05) is 32.8 Å². The number of nitrogens with zero attached hydrogens (tertiary/aromatic N) is 2. The van der Waals surface area contributed by atoms with Crippen LogP contribution in [0.1, 0.15) is 46.5 Å². The van der Waals surface area contributed by atoms with Gasteiger partial charge in [-0.05, 0) is 63.5 Å². The van der Waals surface area contributed by atoms with Gasteiger partial charge in [-0.2, -0.15) is 4.72 Å². The van der Waals surface area contributed by atoms with Gasteiger partial charge < -0.3 is 20.5 Å². The van der Waals surface area contributed by atoms with Crippen molar-refractivity contribution in [3.63, 3.8) is 0 Å². The SMILES string of the molecule is CCC(C)C(NC(=O)C1CCCCN1C)C(=O)N(C)C/C=C(\C)C(=O)N[S+]([O-])c1ccc(N)cc1. The molecule has 0 radical (unpaired) electrons. The highest BCUT2D eigenvalue weighted by Gasteiger charge is 2.33. The molecule has 1 aliphatic rings. The Hall–Kier alpha value is -2.56. The maximum atomic E-state index is 13.2. The van der Waals surface area contributed by atoms with E-state index in [1.54, 1.807) is 44.3 Å². The van der Waals surface area contributed by atoms with Crippen LogP contribution in [0, 0.1) is 5.92 Å². The quantitative estimate of drug-likeness (QED) is 0.253. The number of hydrogen-bond donors (Lipinski definition) is 3. The van der Waals surface area contributed by atoms with Crippen LogP contribution < -0.4 is 15.8 Å². The van der Waals surface area contributed by atoms with Crippen LogP contribution in [0.25, 0.3) is 0 Å². The molecule has 3 amide bonds. The summed E-state index contributed by atoms with van der Waals surface area (Å²) in [6, 6.07) is 5.54. The third-order valence-electron chi connectivity index (χ3n) is 6.54. The van der Waals surface area contributed by atoms with E-state index in [2.05, 4.69) is 10.0 Å². The number of nitrogens with two attached hydrogens (primary N) is 1. The van der Waals surface area contributed by atoms with E-state index >= 15 is 0 Å². The van der Waals surface area contributed by atoms with Crippen molar-refractivity contribution in [3.8, 4) is 0 Å². The van der Waals surface area contributed by atoms with Crippen LogP contribution in [0.5, 0.6) is 0 Å². The van der Waals surface area contributed by atoms with Gasteiger partial charge in [0.05, 0.1) is 6.04 Å². The van der Waals surface area contributed by atoms with Crippen molar-refractivity contribution in [1.29, 1.82) is 0 Å². The van der Waals surface area contributed by atoms with Crippen molar-refractivity contribution in [1.82, 2.24) is 19.8 Å². The van der Waals surface area contributed by atoms with E-state index in [1.807, 2.05) is 25.8 Å². The van der Waals surface area contributed by atoms with Crippen LogP contribution in [-0.4, -0.2) is 71.3 Å². The van der Waals surface area contributed by atoms with Gasteiger partial charge in [-0.25, -0.2) is 0 Å². The molecular formula is C25H39N5O4S. The summed E-state index contributed by atoms with van der Waals surface area (Å²) < 4.78 is 14.8. The zero-order chi connectivity index (χ0) is 26.1. The number of amides is 3. The molecule has 194 valence electrons. The van der Waals surface area contributed by atoms with E-state index in [0.29, 0.717) is 16.2 Å². The molecule has 4 atom stereocenters. The molecule has 4 N–H and O–H groups in total. The van der Waals surface area contributed by atoms with Gasteiger partial charge in [0.25, 0.3) is 5.91 Å². The van der Waals surface area contributed by atoms with Gasteiger partial charge in [-0.15, -0.1) is 0 Å². The fraction of sp³-hybridized carbons (Fsp3) is 0.560. The van der Waals surface area contributed by atoms with Crippen LogP contribution in [-0.2, 0) is 25.7 Å². The topological polar surface area (TPSA) is 131 Å². The van der Waals surface area contributed by atoms with E-state index in [0.717, 1.165) is 32.2 Å². The maximum Gasteiger partial charge on any atom is 0.287 e. The van der Waals surface area contributed by atoms with Crippen LogP contribution in [0.4, 0.5) is 5.69 Å². The van der Waals surface area contributed by atoms with Crippen molar-refractivity contribution >= 4 is 34.8 Å². The van der Waals surface area contributed by atoms with Crippen molar-refractivity contribution < 1.29 is 18.9 Å². The average molecular weight is 506 g/mol. The first-order chi connectivity index (χ1) is 16.5. The minimum atomic E-state index is -1.72. The normalized spacial score (nSPS) is 19.4. The fourth-order valence-corrected chi connectivity index (χ4v) is 4.68. The predicted octanol–water partition coefficient (Wildman–Crippen LogP) is 1.83. The molecule has 1 heterocycles. The predicted molar refractivity (Wildman–Crippen MR) is 138 cm³/mol. The standard InChI is InChI=1S/C25H39N5O4S/c1-6-17(2)22(27-24(32)21-9-7-8-15-29(21)4)25(33)30(5)16-14-18(3)23(31)28-35(34)20-12-10-19(26)11-13-20/h10-14,17,21-22H,6-9,15-16,26H2,1-5H3,(H,27,32)(H,28,31)/b18-14+. The van der Waals surface area contributed by atoms with Gasteiger partial charge in [-0.3, -0.25) is 19.3 Å². The van der Waals surface area contributed by atoms with Crippen LogP contribution in [0.3, 0.4) is 0 Å². The molecule has 1 aromatic carbocycles. The first-order valence-electron chi connectivity index (χ1n) is 12.1. The lowest BCUT2D eigenvalue weighted by Gasteiger charge is -2.34. The van der Waals surface area contributed by atoms with Gasteiger partial charge in [0.2, 0.25) is 11.8 Å². The smallest absolute Gasteiger partial charge is 0.287 e. The van der Waals surface area contributed by atoms with Gasteiger partial charge >= 0.3 is 0 Å². The molecule has 0 saturated carbocycles. The minimum Gasteiger partial charge on any atom is -0.588 e. The summed E-state index contributed by atoms with van der Waals surface area (Å²) in [6.45, 7) is 6.58. The molecule has 0 spiro atoms. The Morgan fingerprint density at radius 3 is 2.54 bits per heavy atom. The van der Waals surface area contributed by atoms with Crippen molar-refractivity contribution in [3.05, 3.63) is 35.9 Å². The molecule has 10 heteroatoms. The number of carbonyl (C=O) groups excluding carboxylic acids is 3. The maximum absolute atomic E-state index is 13.2. The summed E-state index contributed by atoms with van der Waals surface area (Å²) in [5.41, 5.74) is 6.51. The largest absolute Gasteiger partial charge is 0.588 e. The molecule has 0 aliphatic carbocycles. The van der Waals surface area contributed by atoms with E-state index in [4.69, 9.17) is 5.73 Å². The first kappa shape index (κ1) is 28.7. The highest BCUT2D eigenvalue weighted by atomic mass is 32.2. The number of benzene rings is 1. The summed E-state index contributed by atoms with van der Waals surface area (Å²) in [5.74, 6) is -0.858. The third-order valence-corrected chi connectivity index (χ3v) is 7.61. The van der Waals surface area contributed by atoms with E-state index in [-0.39, 0.29) is 30.3 Å². The summed E-state index contributed by atoms with van der Waals surface area (Å²) in [6.07, 6.45) is 5.20. The van der Waals surface area contributed by atoms with Crippen molar-refractivity contribution in [2.45, 2.75) is 63.4 Å². The molecule has 35 heavy (non-hydrogen) atoms. The summed E-state index contributed by atoms with van der Waals surface area (Å²) in [5, 5.41) is 2.99. The van der Waals surface area contributed by atoms with Gasteiger partial charge in [0, 0.05) is 24.9 Å².